The van der Waals surface area contributed by atoms with E-state index in [0.717, 1.165) is 51.1 Å². The Bertz CT molecular complexity index is 667. The lowest BCUT2D eigenvalue weighted by Crippen LogP contribution is -2.51. The largest absolute Gasteiger partial charge is 0.441 e. The summed E-state index contributed by atoms with van der Waals surface area (Å²) < 4.78 is 25.2. The van der Waals surface area contributed by atoms with Crippen molar-refractivity contribution < 1.29 is 18.7 Å². The Morgan fingerprint density at radius 1 is 1.23 bits per heavy atom. The Hall–Kier alpha value is -1.66. The first kappa shape index (κ1) is 17.7. The number of hydrogen-bond donors (Lipinski definition) is 0. The number of rotatable bonds is 4. The molecule has 1 spiro atoms. The van der Waals surface area contributed by atoms with Gasteiger partial charge in [-0.3, -0.25) is 0 Å². The number of likely N-dealkylation sites (tertiary alicyclic amines) is 1. The molecule has 0 radical (unpaired) electrons. The molecule has 3 aliphatic heterocycles. The van der Waals surface area contributed by atoms with Crippen molar-refractivity contribution in [1.29, 1.82) is 0 Å². The van der Waals surface area contributed by atoms with Crippen molar-refractivity contribution in [2.75, 3.05) is 45.9 Å². The first-order chi connectivity index (χ1) is 12.5. The van der Waals surface area contributed by atoms with E-state index in [1.54, 1.807) is 17.0 Å². The minimum absolute atomic E-state index is 0.144. The van der Waals surface area contributed by atoms with E-state index in [2.05, 4.69) is 4.90 Å². The highest BCUT2D eigenvalue weighted by Gasteiger charge is 2.47. The molecule has 0 N–H and O–H groups in total. The van der Waals surface area contributed by atoms with Crippen LogP contribution in [-0.2, 0) is 14.9 Å². The number of benzene rings is 1. The number of carbonyl (C=O) groups excluding carboxylic acids is 1. The lowest BCUT2D eigenvalue weighted by molar-refractivity contribution is -0.00505. The highest BCUT2D eigenvalue weighted by atomic mass is 19.1. The molecule has 3 fully saturated rings. The average Bonchev–Trinajstić information content (AvgIpc) is 3.23. The highest BCUT2D eigenvalue weighted by molar-refractivity contribution is 5.70. The quantitative estimate of drug-likeness (QED) is 0.826. The van der Waals surface area contributed by atoms with Crippen LogP contribution >= 0.6 is 0 Å². The number of ether oxygens (including phenoxy) is 2. The van der Waals surface area contributed by atoms with Crippen molar-refractivity contribution in [3.8, 4) is 0 Å². The summed E-state index contributed by atoms with van der Waals surface area (Å²) >= 11 is 0. The van der Waals surface area contributed by atoms with E-state index < -0.39 is 0 Å². The second kappa shape index (κ2) is 6.82. The maximum absolute atomic E-state index is 13.8. The summed E-state index contributed by atoms with van der Waals surface area (Å²) in [6.45, 7) is 7.38. The minimum Gasteiger partial charge on any atom is -0.441 e. The van der Waals surface area contributed by atoms with Crippen molar-refractivity contribution >= 4 is 6.09 Å². The van der Waals surface area contributed by atoms with Crippen molar-refractivity contribution in [3.05, 3.63) is 35.6 Å². The Morgan fingerprint density at radius 3 is 2.65 bits per heavy atom. The molecule has 142 valence electrons. The van der Waals surface area contributed by atoms with Gasteiger partial charge in [-0.15, -0.1) is 0 Å². The summed E-state index contributed by atoms with van der Waals surface area (Å²) in [5.41, 5.74) is 0.565. The standard InChI is InChI=1S/C20H27FN2O3/c1-2-23-14-20(26-18(23)24)6-9-22(10-7-20)13-19(8-11-25-15-19)16-4-3-5-17(21)12-16/h3-5,12H,2,6-11,13-15H2,1H3. The van der Waals surface area contributed by atoms with Gasteiger partial charge in [-0.25, -0.2) is 9.18 Å². The number of piperidine rings is 1. The summed E-state index contributed by atoms with van der Waals surface area (Å²) in [7, 11) is 0. The summed E-state index contributed by atoms with van der Waals surface area (Å²) in [5.74, 6) is -0.191. The fourth-order valence-corrected chi connectivity index (χ4v) is 4.61. The average molecular weight is 362 g/mol. The molecule has 1 aromatic rings. The number of hydrogen-bond acceptors (Lipinski definition) is 4. The van der Waals surface area contributed by atoms with Crippen molar-refractivity contribution in [1.82, 2.24) is 9.80 Å². The number of halogens is 1. The van der Waals surface area contributed by atoms with Crippen LogP contribution in [0.15, 0.2) is 24.3 Å². The fraction of sp³-hybridized carbons (Fsp3) is 0.650. The van der Waals surface area contributed by atoms with Gasteiger partial charge in [0.25, 0.3) is 0 Å². The topological polar surface area (TPSA) is 42.0 Å². The molecule has 0 bridgehead atoms. The molecule has 6 heteroatoms. The Morgan fingerprint density at radius 2 is 2.04 bits per heavy atom. The fourth-order valence-electron chi connectivity index (χ4n) is 4.61. The van der Waals surface area contributed by atoms with E-state index >= 15 is 0 Å². The van der Waals surface area contributed by atoms with Gasteiger partial charge in [0.15, 0.2) is 0 Å². The predicted molar refractivity (Wildman–Crippen MR) is 95.6 cm³/mol. The van der Waals surface area contributed by atoms with E-state index in [0.29, 0.717) is 19.7 Å². The molecule has 1 unspecified atom stereocenters. The zero-order valence-corrected chi connectivity index (χ0v) is 15.4. The van der Waals surface area contributed by atoms with E-state index in [1.165, 1.54) is 6.07 Å². The number of carbonyl (C=O) groups is 1. The molecular formula is C20H27FN2O3. The third kappa shape index (κ3) is 3.21. The van der Waals surface area contributed by atoms with Gasteiger partial charge < -0.3 is 19.3 Å². The van der Waals surface area contributed by atoms with Crippen LogP contribution in [0.4, 0.5) is 9.18 Å². The van der Waals surface area contributed by atoms with Gasteiger partial charge in [-0.05, 0) is 31.0 Å². The molecule has 1 atom stereocenters. The third-order valence-corrected chi connectivity index (χ3v) is 6.26. The van der Waals surface area contributed by atoms with Gasteiger partial charge in [0.2, 0.25) is 0 Å². The number of amides is 1. The van der Waals surface area contributed by atoms with Crippen LogP contribution in [-0.4, -0.2) is 67.4 Å². The molecule has 1 amide bonds. The Kier molecular flexibility index (Phi) is 4.65. The second-order valence-corrected chi connectivity index (χ2v) is 7.93. The molecule has 1 aromatic carbocycles. The van der Waals surface area contributed by atoms with Gasteiger partial charge in [0, 0.05) is 51.0 Å². The molecule has 3 aliphatic rings. The van der Waals surface area contributed by atoms with E-state index in [4.69, 9.17) is 9.47 Å². The van der Waals surface area contributed by atoms with Crippen LogP contribution in [0.3, 0.4) is 0 Å². The zero-order valence-electron chi connectivity index (χ0n) is 15.4. The van der Waals surface area contributed by atoms with Gasteiger partial charge >= 0.3 is 6.09 Å². The maximum Gasteiger partial charge on any atom is 0.410 e. The maximum atomic E-state index is 13.8. The second-order valence-electron chi connectivity index (χ2n) is 7.93. The van der Waals surface area contributed by atoms with Crippen LogP contribution < -0.4 is 0 Å². The Balaban J connectivity index is 1.44. The molecule has 3 heterocycles. The van der Waals surface area contributed by atoms with Crippen LogP contribution in [0.1, 0.15) is 31.7 Å². The zero-order chi connectivity index (χ0) is 18.2. The summed E-state index contributed by atoms with van der Waals surface area (Å²) in [5, 5.41) is 0. The van der Waals surface area contributed by atoms with Gasteiger partial charge in [0.1, 0.15) is 11.4 Å². The van der Waals surface area contributed by atoms with Crippen LogP contribution in [0.25, 0.3) is 0 Å². The lowest BCUT2D eigenvalue weighted by Gasteiger charge is -2.41. The summed E-state index contributed by atoms with van der Waals surface area (Å²) in [4.78, 5) is 16.2. The van der Waals surface area contributed by atoms with E-state index in [1.807, 2.05) is 13.0 Å². The van der Waals surface area contributed by atoms with E-state index in [-0.39, 0.29) is 22.9 Å². The van der Waals surface area contributed by atoms with E-state index in [9.17, 15) is 9.18 Å². The Labute approximate surface area is 154 Å². The molecule has 26 heavy (non-hydrogen) atoms. The smallest absolute Gasteiger partial charge is 0.410 e. The number of likely N-dealkylation sites (N-methyl/N-ethyl adjacent to an activating group) is 1. The van der Waals surface area contributed by atoms with Gasteiger partial charge in [-0.2, -0.15) is 0 Å². The van der Waals surface area contributed by atoms with Gasteiger partial charge in [-0.1, -0.05) is 12.1 Å². The molecule has 5 nitrogen and oxygen atoms in total. The van der Waals surface area contributed by atoms with Crippen molar-refractivity contribution in [2.24, 2.45) is 0 Å². The van der Waals surface area contributed by atoms with Crippen LogP contribution in [0.2, 0.25) is 0 Å². The first-order valence-electron chi connectivity index (χ1n) is 9.58. The molecule has 0 aromatic heterocycles. The lowest BCUT2D eigenvalue weighted by atomic mass is 9.78. The molecular weight excluding hydrogens is 335 g/mol. The van der Waals surface area contributed by atoms with Crippen molar-refractivity contribution in [2.45, 2.75) is 37.2 Å². The summed E-state index contributed by atoms with van der Waals surface area (Å²) in [6.07, 6.45) is 2.45. The molecule has 0 aliphatic carbocycles. The third-order valence-electron chi connectivity index (χ3n) is 6.26. The molecule has 0 saturated carbocycles. The minimum atomic E-state index is -0.318. The number of nitrogens with zero attached hydrogens (tertiary/aromatic N) is 2. The summed E-state index contributed by atoms with van der Waals surface area (Å²) in [6, 6.07) is 6.94. The van der Waals surface area contributed by atoms with Crippen LogP contribution in [0.5, 0.6) is 0 Å². The monoisotopic (exact) mass is 362 g/mol. The SMILES string of the molecule is CCN1CC2(CCN(CC3(c4cccc(F)c4)CCOC3)CC2)OC1=O. The highest BCUT2D eigenvalue weighted by Crippen LogP contribution is 2.38. The van der Waals surface area contributed by atoms with Gasteiger partial charge in [0.05, 0.1) is 13.2 Å². The molecule has 4 rings (SSSR count). The normalized spacial score (nSPS) is 28.7. The molecule has 3 saturated heterocycles. The van der Waals surface area contributed by atoms with Crippen LogP contribution in [0, 0.1) is 5.82 Å². The first-order valence-corrected chi connectivity index (χ1v) is 9.58. The van der Waals surface area contributed by atoms with Crippen molar-refractivity contribution in [3.63, 3.8) is 0 Å². The predicted octanol–water partition coefficient (Wildman–Crippen LogP) is 2.79.